The van der Waals surface area contributed by atoms with E-state index in [0.717, 1.165) is 128 Å². The van der Waals surface area contributed by atoms with Gasteiger partial charge in [0.2, 0.25) is 0 Å². The Hall–Kier alpha value is -4.45. The van der Waals surface area contributed by atoms with Crippen LogP contribution in [-0.2, 0) is 28.6 Å². The zero-order chi connectivity index (χ0) is 50.0. The third kappa shape index (κ3) is 54.4. The fourth-order valence-electron chi connectivity index (χ4n) is 7.06. The molecule has 0 saturated heterocycles. The van der Waals surface area contributed by atoms with Crippen LogP contribution in [0.2, 0.25) is 0 Å². The van der Waals surface area contributed by atoms with Crippen molar-refractivity contribution in [1.82, 2.24) is 0 Å². The zero-order valence-electron chi connectivity index (χ0n) is 44.3. The fraction of sp³-hybridized carbons (Fsp3) is 0.603. The van der Waals surface area contributed by atoms with Gasteiger partial charge in [-0.25, -0.2) is 0 Å². The van der Waals surface area contributed by atoms with E-state index in [1.54, 1.807) is 0 Å². The van der Waals surface area contributed by atoms with E-state index in [9.17, 15) is 14.4 Å². The SMILES string of the molecule is CC/C=C\C/C=C\C/C=C\C/C=C\C/C=C\C/C=C\C/C=C\CCCCCCCCCC(=O)OCC(COC(=O)CCCCCCCCC)OC(=O)CCCC/C=C\C/C=C\C/C=C\C/C=C\CC. The summed E-state index contributed by atoms with van der Waals surface area (Å²) in [5.74, 6) is -0.970. The molecule has 0 aliphatic carbocycles. The summed E-state index contributed by atoms with van der Waals surface area (Å²) >= 11 is 0. The molecule has 0 radical (unpaired) electrons. The molecule has 0 heterocycles. The van der Waals surface area contributed by atoms with Crippen molar-refractivity contribution < 1.29 is 28.6 Å². The predicted octanol–water partition coefficient (Wildman–Crippen LogP) is 18.6. The molecule has 0 aromatic heterocycles. The van der Waals surface area contributed by atoms with E-state index in [1.165, 1.54) is 51.4 Å². The first-order valence-electron chi connectivity index (χ1n) is 27.7. The quantitative estimate of drug-likeness (QED) is 0.0262. The molecule has 1 atom stereocenters. The second kappa shape index (κ2) is 56.1. The van der Waals surface area contributed by atoms with Gasteiger partial charge in [-0.3, -0.25) is 14.4 Å². The van der Waals surface area contributed by atoms with Crippen molar-refractivity contribution >= 4 is 17.9 Å². The van der Waals surface area contributed by atoms with E-state index in [0.29, 0.717) is 19.3 Å². The molecule has 1 unspecified atom stereocenters. The average Bonchev–Trinajstić information content (AvgIpc) is 3.35. The molecule has 0 fully saturated rings. The molecular formula is C63H100O6. The second-order valence-corrected chi connectivity index (χ2v) is 17.7. The van der Waals surface area contributed by atoms with Gasteiger partial charge in [-0.1, -0.05) is 225 Å². The van der Waals surface area contributed by atoms with Crippen LogP contribution in [0.5, 0.6) is 0 Å². The van der Waals surface area contributed by atoms with Crippen molar-refractivity contribution in [2.24, 2.45) is 0 Å². The molecule has 0 amide bonds. The lowest BCUT2D eigenvalue weighted by Crippen LogP contribution is -2.30. The fourth-order valence-corrected chi connectivity index (χ4v) is 7.06. The molecule has 0 spiro atoms. The number of carbonyl (C=O) groups is 3. The summed E-state index contributed by atoms with van der Waals surface area (Å²) in [6.07, 6.45) is 79.0. The van der Waals surface area contributed by atoms with Crippen molar-refractivity contribution in [2.45, 2.75) is 232 Å². The van der Waals surface area contributed by atoms with Crippen LogP contribution in [0.4, 0.5) is 0 Å². The molecule has 0 N–H and O–H groups in total. The minimum atomic E-state index is -0.805. The standard InChI is InChI=1S/C63H100O6/c1-4-7-10-13-16-18-20-22-24-25-26-27-28-29-30-31-32-33-34-35-36-37-39-40-42-44-47-50-53-56-62(65)68-59-60(58-67-61(64)55-52-49-46-15-12-9-6-3)69-63(66)57-54-51-48-45-43-41-38-23-21-19-17-14-11-8-5-2/h7-8,10-11,16-19,22-24,26-27,29-30,32-33,35-36,38,43,45,60H,4-6,9,12-15,20-21,25,28,31,34,37,39-42,44,46-59H2,1-3H3/b10-7-,11-8-,18-16-,19-17-,24-22-,27-26-,30-29-,33-32-,36-35-,38-23-,45-43-. The van der Waals surface area contributed by atoms with Crippen molar-refractivity contribution in [1.29, 1.82) is 0 Å². The van der Waals surface area contributed by atoms with Crippen LogP contribution in [0.3, 0.4) is 0 Å². The number of ether oxygens (including phenoxy) is 3. The summed E-state index contributed by atoms with van der Waals surface area (Å²) in [7, 11) is 0. The summed E-state index contributed by atoms with van der Waals surface area (Å²) in [5.41, 5.74) is 0. The predicted molar refractivity (Wildman–Crippen MR) is 297 cm³/mol. The summed E-state index contributed by atoms with van der Waals surface area (Å²) in [4.78, 5) is 37.9. The maximum atomic E-state index is 12.8. The Morgan fingerprint density at radius 3 is 0.913 bits per heavy atom. The molecule has 388 valence electrons. The first-order chi connectivity index (χ1) is 34.0. The van der Waals surface area contributed by atoms with Crippen LogP contribution in [0.15, 0.2) is 134 Å². The first kappa shape index (κ1) is 64.5. The molecule has 0 saturated carbocycles. The molecule has 69 heavy (non-hydrogen) atoms. The van der Waals surface area contributed by atoms with Crippen molar-refractivity contribution in [3.63, 3.8) is 0 Å². The smallest absolute Gasteiger partial charge is 0.306 e. The van der Waals surface area contributed by atoms with Gasteiger partial charge in [-0.05, 0) is 116 Å². The highest BCUT2D eigenvalue weighted by Crippen LogP contribution is 2.13. The summed E-state index contributed by atoms with van der Waals surface area (Å²) in [6, 6.07) is 0. The highest BCUT2D eigenvalue weighted by Gasteiger charge is 2.19. The third-order valence-corrected chi connectivity index (χ3v) is 11.2. The molecular weight excluding hydrogens is 853 g/mol. The van der Waals surface area contributed by atoms with E-state index in [-0.39, 0.29) is 37.5 Å². The van der Waals surface area contributed by atoms with Gasteiger partial charge in [0.05, 0.1) is 0 Å². The van der Waals surface area contributed by atoms with Gasteiger partial charge in [-0.15, -0.1) is 0 Å². The van der Waals surface area contributed by atoms with Crippen LogP contribution in [-0.4, -0.2) is 37.2 Å². The van der Waals surface area contributed by atoms with E-state index in [1.807, 2.05) is 0 Å². The molecule has 6 heteroatoms. The van der Waals surface area contributed by atoms with Crippen molar-refractivity contribution in [2.75, 3.05) is 13.2 Å². The van der Waals surface area contributed by atoms with Gasteiger partial charge >= 0.3 is 17.9 Å². The van der Waals surface area contributed by atoms with E-state index >= 15 is 0 Å². The number of unbranched alkanes of at least 4 members (excludes halogenated alkanes) is 15. The van der Waals surface area contributed by atoms with Crippen LogP contribution in [0, 0.1) is 0 Å². The summed E-state index contributed by atoms with van der Waals surface area (Å²) in [5, 5.41) is 0. The number of allylic oxidation sites excluding steroid dienone is 22. The Labute approximate surface area is 424 Å². The third-order valence-electron chi connectivity index (χ3n) is 11.2. The Morgan fingerprint density at radius 2 is 0.565 bits per heavy atom. The number of hydrogen-bond acceptors (Lipinski definition) is 6. The van der Waals surface area contributed by atoms with Crippen LogP contribution in [0.25, 0.3) is 0 Å². The van der Waals surface area contributed by atoms with Crippen molar-refractivity contribution in [3.8, 4) is 0 Å². The monoisotopic (exact) mass is 953 g/mol. The zero-order valence-corrected chi connectivity index (χ0v) is 44.3. The minimum absolute atomic E-state index is 0.102. The molecule has 0 aromatic carbocycles. The number of rotatable bonds is 48. The lowest BCUT2D eigenvalue weighted by Gasteiger charge is -2.18. The maximum absolute atomic E-state index is 12.8. The van der Waals surface area contributed by atoms with Crippen LogP contribution >= 0.6 is 0 Å². The minimum Gasteiger partial charge on any atom is -0.462 e. The lowest BCUT2D eigenvalue weighted by molar-refractivity contribution is -0.167. The number of hydrogen-bond donors (Lipinski definition) is 0. The molecule has 0 aliphatic heterocycles. The highest BCUT2D eigenvalue weighted by molar-refractivity contribution is 5.71. The van der Waals surface area contributed by atoms with E-state index in [2.05, 4.69) is 154 Å². The lowest BCUT2D eigenvalue weighted by atomic mass is 10.1. The van der Waals surface area contributed by atoms with Gasteiger partial charge in [-0.2, -0.15) is 0 Å². The largest absolute Gasteiger partial charge is 0.462 e. The van der Waals surface area contributed by atoms with Gasteiger partial charge in [0, 0.05) is 19.3 Å². The first-order valence-corrected chi connectivity index (χ1v) is 27.7. The Balaban J connectivity index is 4.25. The Morgan fingerprint density at radius 1 is 0.304 bits per heavy atom. The highest BCUT2D eigenvalue weighted by atomic mass is 16.6. The van der Waals surface area contributed by atoms with Gasteiger partial charge < -0.3 is 14.2 Å². The maximum Gasteiger partial charge on any atom is 0.306 e. The average molecular weight is 953 g/mol. The van der Waals surface area contributed by atoms with Gasteiger partial charge in [0.25, 0.3) is 0 Å². The molecule has 0 aromatic rings. The number of esters is 3. The van der Waals surface area contributed by atoms with Crippen LogP contribution in [0.1, 0.15) is 226 Å². The number of carbonyl (C=O) groups excluding carboxylic acids is 3. The Bertz CT molecular complexity index is 1510. The molecule has 0 bridgehead atoms. The second-order valence-electron chi connectivity index (χ2n) is 17.7. The van der Waals surface area contributed by atoms with Gasteiger partial charge in [0.1, 0.15) is 13.2 Å². The summed E-state index contributed by atoms with van der Waals surface area (Å²) < 4.78 is 16.7. The topological polar surface area (TPSA) is 78.9 Å². The molecule has 0 aliphatic rings. The summed E-state index contributed by atoms with van der Waals surface area (Å²) in [6.45, 7) is 6.30. The van der Waals surface area contributed by atoms with E-state index in [4.69, 9.17) is 14.2 Å². The Kier molecular flexibility index (Phi) is 52.5. The van der Waals surface area contributed by atoms with Gasteiger partial charge in [0.15, 0.2) is 6.10 Å². The van der Waals surface area contributed by atoms with Crippen molar-refractivity contribution in [3.05, 3.63) is 134 Å². The molecule has 6 nitrogen and oxygen atoms in total. The van der Waals surface area contributed by atoms with E-state index < -0.39 is 6.10 Å². The van der Waals surface area contributed by atoms with Crippen LogP contribution < -0.4 is 0 Å². The molecule has 0 rings (SSSR count). The normalized spacial score (nSPS) is 13.1.